The van der Waals surface area contributed by atoms with Crippen LogP contribution in [-0.4, -0.2) is 18.5 Å². The fourth-order valence-corrected chi connectivity index (χ4v) is 2.03. The number of nitrogens with one attached hydrogen (secondary N) is 2. The van der Waals surface area contributed by atoms with E-state index in [1.165, 1.54) is 0 Å². The molecule has 0 aliphatic heterocycles. The van der Waals surface area contributed by atoms with Gasteiger partial charge in [0.1, 0.15) is 0 Å². The van der Waals surface area contributed by atoms with Gasteiger partial charge >= 0.3 is 0 Å². The number of benzene rings is 2. The number of anilines is 1. The summed E-state index contributed by atoms with van der Waals surface area (Å²) >= 11 is 0. The Balaban J connectivity index is 1.94. The second kappa shape index (κ2) is 8.79. The van der Waals surface area contributed by atoms with Gasteiger partial charge < -0.3 is 10.6 Å². The van der Waals surface area contributed by atoms with Crippen LogP contribution in [0.2, 0.25) is 0 Å². The van der Waals surface area contributed by atoms with E-state index >= 15 is 0 Å². The number of hydrogen-bond acceptors (Lipinski definition) is 2. The monoisotopic (exact) mass is 320 g/mol. The predicted molar refractivity (Wildman–Crippen MR) is 99.8 cm³/mol. The zero-order chi connectivity index (χ0) is 17.4. The molecule has 24 heavy (non-hydrogen) atoms. The Morgan fingerprint density at radius 1 is 0.958 bits per heavy atom. The van der Waals surface area contributed by atoms with Gasteiger partial charge in [0.05, 0.1) is 6.54 Å². The number of carbonyl (C=O) groups is 1. The maximum atomic E-state index is 11.9. The molecule has 0 heterocycles. The minimum absolute atomic E-state index is 0.00280. The molecule has 0 aliphatic carbocycles. The van der Waals surface area contributed by atoms with Crippen LogP contribution in [0.1, 0.15) is 31.9 Å². The van der Waals surface area contributed by atoms with Crippen LogP contribution in [0.4, 0.5) is 5.69 Å². The third kappa shape index (κ3) is 5.81. The van der Waals surface area contributed by atoms with Gasteiger partial charge in [0.25, 0.3) is 0 Å². The van der Waals surface area contributed by atoms with E-state index in [1.807, 2.05) is 61.5 Å². The van der Waals surface area contributed by atoms with Crippen molar-refractivity contribution in [2.24, 2.45) is 5.92 Å². The summed E-state index contributed by atoms with van der Waals surface area (Å²) in [6.45, 7) is 6.45. The standard InChI is InChI=1S/C21H24N2O/c1-16(2)17(3)23-21(24)15-22-20-11-7-10-19(14-20)13-12-18-8-5-4-6-9-18/h4-11,14,16-17,22H,15H2,1-3H3,(H,23,24). The van der Waals surface area contributed by atoms with Gasteiger partial charge in [0.15, 0.2) is 0 Å². The molecule has 2 rings (SSSR count). The van der Waals surface area contributed by atoms with Crippen LogP contribution in [0.15, 0.2) is 54.6 Å². The smallest absolute Gasteiger partial charge is 0.239 e. The molecule has 0 fully saturated rings. The highest BCUT2D eigenvalue weighted by atomic mass is 16.1. The first-order valence-corrected chi connectivity index (χ1v) is 8.25. The summed E-state index contributed by atoms with van der Waals surface area (Å²) in [4.78, 5) is 11.9. The van der Waals surface area contributed by atoms with Gasteiger partial charge in [0.2, 0.25) is 5.91 Å². The normalized spacial score (nSPS) is 11.3. The molecule has 2 N–H and O–H groups in total. The Bertz CT molecular complexity index is 726. The SMILES string of the molecule is CC(C)C(C)NC(=O)CNc1cccc(C#Cc2ccccc2)c1. The van der Waals surface area contributed by atoms with E-state index in [2.05, 4.69) is 36.3 Å². The molecule has 0 bridgehead atoms. The van der Waals surface area contributed by atoms with Crippen molar-refractivity contribution in [3.63, 3.8) is 0 Å². The van der Waals surface area contributed by atoms with Crippen molar-refractivity contribution in [2.45, 2.75) is 26.8 Å². The van der Waals surface area contributed by atoms with E-state index in [-0.39, 0.29) is 18.5 Å². The molecule has 0 spiro atoms. The first kappa shape index (κ1) is 17.6. The van der Waals surface area contributed by atoms with Crippen molar-refractivity contribution in [2.75, 3.05) is 11.9 Å². The molecule has 3 heteroatoms. The fourth-order valence-electron chi connectivity index (χ4n) is 2.03. The van der Waals surface area contributed by atoms with Crippen molar-refractivity contribution >= 4 is 11.6 Å². The van der Waals surface area contributed by atoms with Crippen molar-refractivity contribution in [3.8, 4) is 11.8 Å². The number of rotatable bonds is 5. The van der Waals surface area contributed by atoms with Crippen LogP contribution >= 0.6 is 0 Å². The second-order valence-corrected chi connectivity index (χ2v) is 6.15. The summed E-state index contributed by atoms with van der Waals surface area (Å²) < 4.78 is 0. The zero-order valence-electron chi connectivity index (χ0n) is 14.5. The molecule has 0 saturated carbocycles. The highest BCUT2D eigenvalue weighted by Gasteiger charge is 2.10. The van der Waals surface area contributed by atoms with Crippen LogP contribution in [0, 0.1) is 17.8 Å². The Morgan fingerprint density at radius 2 is 1.62 bits per heavy atom. The van der Waals surface area contributed by atoms with E-state index in [9.17, 15) is 4.79 Å². The summed E-state index contributed by atoms with van der Waals surface area (Å²) in [6, 6.07) is 17.8. The molecule has 0 aromatic heterocycles. The van der Waals surface area contributed by atoms with Crippen LogP contribution in [0.3, 0.4) is 0 Å². The summed E-state index contributed by atoms with van der Waals surface area (Å²) in [5.41, 5.74) is 2.79. The van der Waals surface area contributed by atoms with E-state index in [0.717, 1.165) is 16.8 Å². The van der Waals surface area contributed by atoms with Crippen molar-refractivity contribution in [1.29, 1.82) is 0 Å². The number of amides is 1. The molecule has 2 aromatic carbocycles. The average Bonchev–Trinajstić information content (AvgIpc) is 2.59. The van der Waals surface area contributed by atoms with Crippen molar-refractivity contribution in [1.82, 2.24) is 5.32 Å². The van der Waals surface area contributed by atoms with Crippen LogP contribution < -0.4 is 10.6 Å². The van der Waals surface area contributed by atoms with Crippen molar-refractivity contribution < 1.29 is 4.79 Å². The van der Waals surface area contributed by atoms with Gasteiger partial charge in [0, 0.05) is 22.9 Å². The molecule has 0 radical (unpaired) electrons. The minimum atomic E-state index is -0.00280. The van der Waals surface area contributed by atoms with Gasteiger partial charge in [-0.3, -0.25) is 4.79 Å². The molecule has 1 unspecified atom stereocenters. The summed E-state index contributed by atoms with van der Waals surface area (Å²) in [5.74, 6) is 6.70. The van der Waals surface area contributed by atoms with E-state index in [0.29, 0.717) is 5.92 Å². The van der Waals surface area contributed by atoms with Gasteiger partial charge in [-0.25, -0.2) is 0 Å². The number of carbonyl (C=O) groups excluding carboxylic acids is 1. The lowest BCUT2D eigenvalue weighted by molar-refractivity contribution is -0.120. The van der Waals surface area contributed by atoms with E-state index in [1.54, 1.807) is 0 Å². The topological polar surface area (TPSA) is 41.1 Å². The molecule has 124 valence electrons. The fraction of sp³-hybridized carbons (Fsp3) is 0.286. The Kier molecular flexibility index (Phi) is 6.45. The van der Waals surface area contributed by atoms with E-state index in [4.69, 9.17) is 0 Å². The van der Waals surface area contributed by atoms with Gasteiger partial charge in [-0.2, -0.15) is 0 Å². The minimum Gasteiger partial charge on any atom is -0.376 e. The largest absolute Gasteiger partial charge is 0.376 e. The molecular formula is C21H24N2O. The van der Waals surface area contributed by atoms with Gasteiger partial charge in [-0.15, -0.1) is 0 Å². The van der Waals surface area contributed by atoms with Crippen molar-refractivity contribution in [3.05, 3.63) is 65.7 Å². The lowest BCUT2D eigenvalue weighted by atomic mass is 10.1. The molecule has 0 saturated heterocycles. The summed E-state index contributed by atoms with van der Waals surface area (Å²) in [7, 11) is 0. The molecular weight excluding hydrogens is 296 g/mol. The van der Waals surface area contributed by atoms with E-state index < -0.39 is 0 Å². The second-order valence-electron chi connectivity index (χ2n) is 6.15. The molecule has 3 nitrogen and oxygen atoms in total. The quantitative estimate of drug-likeness (QED) is 0.826. The average molecular weight is 320 g/mol. The Labute approximate surface area is 144 Å². The third-order valence-electron chi connectivity index (χ3n) is 3.83. The predicted octanol–water partition coefficient (Wildman–Crippen LogP) is 3.66. The highest BCUT2D eigenvalue weighted by molar-refractivity contribution is 5.81. The van der Waals surface area contributed by atoms with Gasteiger partial charge in [-0.05, 0) is 43.2 Å². The molecule has 2 aromatic rings. The first-order valence-electron chi connectivity index (χ1n) is 8.25. The summed E-state index contributed by atoms with van der Waals surface area (Å²) in [6.07, 6.45) is 0. The maximum Gasteiger partial charge on any atom is 0.239 e. The zero-order valence-corrected chi connectivity index (χ0v) is 14.5. The Morgan fingerprint density at radius 3 is 2.33 bits per heavy atom. The molecule has 0 aliphatic rings. The van der Waals surface area contributed by atoms with Gasteiger partial charge in [-0.1, -0.05) is 50.0 Å². The summed E-state index contributed by atoms with van der Waals surface area (Å²) in [5, 5.41) is 6.13. The van der Waals surface area contributed by atoms with Crippen LogP contribution in [0.5, 0.6) is 0 Å². The lowest BCUT2D eigenvalue weighted by Gasteiger charge is -2.17. The maximum absolute atomic E-state index is 11.9. The number of hydrogen-bond donors (Lipinski definition) is 2. The Hall–Kier alpha value is -2.73. The van der Waals surface area contributed by atoms with Crippen LogP contribution in [-0.2, 0) is 4.79 Å². The highest BCUT2D eigenvalue weighted by Crippen LogP contribution is 2.10. The van der Waals surface area contributed by atoms with Crippen LogP contribution in [0.25, 0.3) is 0 Å². The molecule has 1 atom stereocenters. The third-order valence-corrected chi connectivity index (χ3v) is 3.83. The first-order chi connectivity index (χ1) is 11.5. The lowest BCUT2D eigenvalue weighted by Crippen LogP contribution is -2.39. The molecule has 1 amide bonds.